The molecule has 0 spiro atoms. The molecule has 0 amide bonds. The molecule has 6 heteroatoms. The normalized spacial score (nSPS) is 15.3. The average Bonchev–Trinajstić information content (AvgIpc) is 2.30. The molecule has 1 atom stereocenters. The number of rotatable bonds is 6. The molecule has 0 aliphatic carbocycles. The third-order valence-corrected chi connectivity index (χ3v) is 5.15. The highest BCUT2D eigenvalue weighted by Gasteiger charge is 2.31. The van der Waals surface area contributed by atoms with Crippen molar-refractivity contribution in [1.29, 1.82) is 0 Å². The van der Waals surface area contributed by atoms with E-state index in [4.69, 9.17) is 17.3 Å². The summed E-state index contributed by atoms with van der Waals surface area (Å²) in [7, 11) is -3.64. The number of halogens is 1. The maximum Gasteiger partial charge on any atom is 0.241 e. The standard InChI is InChI=1S/C14H23ClN2O2S/c1-10(2)8-14(4,9-16)17-20(18,19)13-7-12(15)6-5-11(13)3/h5-7,10,17H,8-9,16H2,1-4H3. The molecule has 1 rings (SSSR count). The van der Waals surface area contributed by atoms with Gasteiger partial charge in [-0.25, -0.2) is 13.1 Å². The van der Waals surface area contributed by atoms with Gasteiger partial charge in [0.05, 0.1) is 4.90 Å². The van der Waals surface area contributed by atoms with Crippen molar-refractivity contribution in [2.45, 2.75) is 44.6 Å². The van der Waals surface area contributed by atoms with Crippen molar-refractivity contribution in [2.75, 3.05) is 6.54 Å². The van der Waals surface area contributed by atoms with E-state index < -0.39 is 15.6 Å². The maximum absolute atomic E-state index is 12.5. The Bertz CT molecular complexity index is 573. The SMILES string of the molecule is Cc1ccc(Cl)cc1S(=O)(=O)NC(C)(CN)CC(C)C. The Hall–Kier alpha value is -0.620. The van der Waals surface area contributed by atoms with Gasteiger partial charge in [0, 0.05) is 17.1 Å². The summed E-state index contributed by atoms with van der Waals surface area (Å²) in [6.07, 6.45) is 0.669. The molecule has 1 unspecified atom stereocenters. The van der Waals surface area contributed by atoms with E-state index in [1.54, 1.807) is 19.1 Å². The molecule has 114 valence electrons. The first-order valence-electron chi connectivity index (χ1n) is 6.60. The molecule has 0 aromatic heterocycles. The zero-order valence-electron chi connectivity index (χ0n) is 12.4. The predicted molar refractivity (Wildman–Crippen MR) is 83.4 cm³/mol. The fourth-order valence-corrected chi connectivity index (χ4v) is 4.25. The number of nitrogens with one attached hydrogen (secondary N) is 1. The lowest BCUT2D eigenvalue weighted by Gasteiger charge is -2.31. The van der Waals surface area contributed by atoms with Crippen LogP contribution in [0.5, 0.6) is 0 Å². The van der Waals surface area contributed by atoms with E-state index in [9.17, 15) is 8.42 Å². The highest BCUT2D eigenvalue weighted by molar-refractivity contribution is 7.89. The van der Waals surface area contributed by atoms with E-state index in [1.807, 2.05) is 20.8 Å². The molecular weight excluding hydrogens is 296 g/mol. The molecule has 0 fully saturated rings. The van der Waals surface area contributed by atoms with Crippen LogP contribution in [0.2, 0.25) is 5.02 Å². The molecule has 1 aromatic carbocycles. The summed E-state index contributed by atoms with van der Waals surface area (Å²) in [6.45, 7) is 7.88. The van der Waals surface area contributed by atoms with Gasteiger partial charge in [0.2, 0.25) is 10.0 Å². The largest absolute Gasteiger partial charge is 0.329 e. The van der Waals surface area contributed by atoms with Crippen LogP contribution in [0, 0.1) is 12.8 Å². The molecule has 0 radical (unpaired) electrons. The van der Waals surface area contributed by atoms with Crippen LogP contribution in [0.4, 0.5) is 0 Å². The minimum Gasteiger partial charge on any atom is -0.329 e. The minimum atomic E-state index is -3.64. The Morgan fingerprint density at radius 1 is 1.40 bits per heavy atom. The van der Waals surface area contributed by atoms with E-state index >= 15 is 0 Å². The number of aryl methyl sites for hydroxylation is 1. The Morgan fingerprint density at radius 2 is 2.00 bits per heavy atom. The van der Waals surface area contributed by atoms with Crippen molar-refractivity contribution >= 4 is 21.6 Å². The molecule has 20 heavy (non-hydrogen) atoms. The number of sulfonamides is 1. The summed E-state index contributed by atoms with van der Waals surface area (Å²) in [5.74, 6) is 0.340. The quantitative estimate of drug-likeness (QED) is 0.847. The van der Waals surface area contributed by atoms with Crippen LogP contribution in [-0.2, 0) is 10.0 Å². The zero-order valence-corrected chi connectivity index (χ0v) is 14.0. The number of benzene rings is 1. The fraction of sp³-hybridized carbons (Fsp3) is 0.571. The van der Waals surface area contributed by atoms with Crippen molar-refractivity contribution in [3.63, 3.8) is 0 Å². The monoisotopic (exact) mass is 318 g/mol. The smallest absolute Gasteiger partial charge is 0.241 e. The second-order valence-electron chi connectivity index (χ2n) is 5.88. The third kappa shape index (κ3) is 4.45. The second kappa shape index (κ2) is 6.43. The summed E-state index contributed by atoms with van der Waals surface area (Å²) in [4.78, 5) is 0.202. The van der Waals surface area contributed by atoms with Crippen LogP contribution in [0.3, 0.4) is 0 Å². The van der Waals surface area contributed by atoms with Gasteiger partial charge in [-0.3, -0.25) is 0 Å². The van der Waals surface area contributed by atoms with Crippen LogP contribution in [0.15, 0.2) is 23.1 Å². The molecule has 0 saturated carbocycles. The van der Waals surface area contributed by atoms with Crippen molar-refractivity contribution < 1.29 is 8.42 Å². The van der Waals surface area contributed by atoms with Gasteiger partial charge in [-0.15, -0.1) is 0 Å². The highest BCUT2D eigenvalue weighted by atomic mass is 35.5. The molecule has 4 nitrogen and oxygen atoms in total. The molecule has 0 saturated heterocycles. The molecule has 1 aromatic rings. The van der Waals surface area contributed by atoms with Crippen LogP contribution in [-0.4, -0.2) is 20.5 Å². The Balaban J connectivity index is 3.14. The minimum absolute atomic E-state index is 0.202. The summed E-state index contributed by atoms with van der Waals surface area (Å²) in [6, 6.07) is 4.83. The number of hydrogen-bond acceptors (Lipinski definition) is 3. The van der Waals surface area contributed by atoms with Crippen LogP contribution < -0.4 is 10.5 Å². The molecule has 3 N–H and O–H groups in total. The molecule has 0 aliphatic rings. The van der Waals surface area contributed by atoms with Gasteiger partial charge >= 0.3 is 0 Å². The van der Waals surface area contributed by atoms with Crippen molar-refractivity contribution in [3.8, 4) is 0 Å². The molecule has 0 bridgehead atoms. The van der Waals surface area contributed by atoms with Gasteiger partial charge in [-0.1, -0.05) is 31.5 Å². The van der Waals surface area contributed by atoms with Crippen molar-refractivity contribution in [2.24, 2.45) is 11.7 Å². The number of nitrogens with two attached hydrogens (primary N) is 1. The summed E-state index contributed by atoms with van der Waals surface area (Å²) in [5.41, 5.74) is 5.75. The van der Waals surface area contributed by atoms with E-state index in [0.29, 0.717) is 22.9 Å². The first kappa shape index (κ1) is 17.4. The Labute approximate surface area is 126 Å². The number of hydrogen-bond donors (Lipinski definition) is 2. The Morgan fingerprint density at radius 3 is 2.50 bits per heavy atom. The predicted octanol–water partition coefficient (Wildman–Crippen LogP) is 2.69. The van der Waals surface area contributed by atoms with Gasteiger partial charge in [0.15, 0.2) is 0 Å². The first-order valence-corrected chi connectivity index (χ1v) is 8.46. The lowest BCUT2D eigenvalue weighted by molar-refractivity contribution is 0.344. The van der Waals surface area contributed by atoms with Crippen molar-refractivity contribution in [3.05, 3.63) is 28.8 Å². The highest BCUT2D eigenvalue weighted by Crippen LogP contribution is 2.23. The molecular formula is C14H23ClN2O2S. The van der Waals surface area contributed by atoms with Crippen LogP contribution >= 0.6 is 11.6 Å². The lowest BCUT2D eigenvalue weighted by Crippen LogP contribution is -2.52. The average molecular weight is 319 g/mol. The summed E-state index contributed by atoms with van der Waals surface area (Å²) < 4.78 is 27.8. The van der Waals surface area contributed by atoms with Gasteiger partial charge in [-0.05, 0) is 43.9 Å². The van der Waals surface area contributed by atoms with E-state index in [0.717, 1.165) is 0 Å². The maximum atomic E-state index is 12.5. The summed E-state index contributed by atoms with van der Waals surface area (Å²) in [5, 5.41) is 0.397. The fourth-order valence-electron chi connectivity index (χ4n) is 2.31. The topological polar surface area (TPSA) is 72.2 Å². The van der Waals surface area contributed by atoms with Gasteiger partial charge in [0.1, 0.15) is 0 Å². The van der Waals surface area contributed by atoms with E-state index in [2.05, 4.69) is 4.72 Å². The van der Waals surface area contributed by atoms with E-state index in [1.165, 1.54) is 6.07 Å². The van der Waals surface area contributed by atoms with Gasteiger partial charge in [-0.2, -0.15) is 0 Å². The molecule has 0 heterocycles. The lowest BCUT2D eigenvalue weighted by atomic mass is 9.92. The second-order valence-corrected chi connectivity index (χ2v) is 7.97. The zero-order chi connectivity index (χ0) is 15.6. The van der Waals surface area contributed by atoms with Crippen LogP contribution in [0.1, 0.15) is 32.8 Å². The molecule has 0 aliphatic heterocycles. The first-order chi connectivity index (χ1) is 9.09. The van der Waals surface area contributed by atoms with Gasteiger partial charge in [0.25, 0.3) is 0 Å². The third-order valence-electron chi connectivity index (χ3n) is 3.13. The van der Waals surface area contributed by atoms with E-state index in [-0.39, 0.29) is 11.4 Å². The van der Waals surface area contributed by atoms with Crippen molar-refractivity contribution in [1.82, 2.24) is 4.72 Å². The van der Waals surface area contributed by atoms with Crippen LogP contribution in [0.25, 0.3) is 0 Å². The van der Waals surface area contributed by atoms with Gasteiger partial charge < -0.3 is 5.73 Å². The Kier molecular flexibility index (Phi) is 5.61. The summed E-state index contributed by atoms with van der Waals surface area (Å²) >= 11 is 5.90.